The van der Waals surface area contributed by atoms with Crippen LogP contribution in [0.5, 0.6) is 0 Å². The molecule has 5 heteroatoms. The number of benzene rings is 1. The first kappa shape index (κ1) is 18.2. The fourth-order valence-corrected chi connectivity index (χ4v) is 4.04. The molecule has 5 nitrogen and oxygen atoms in total. The van der Waals surface area contributed by atoms with E-state index in [1.54, 1.807) is 0 Å². The molecule has 0 saturated heterocycles. The van der Waals surface area contributed by atoms with E-state index in [9.17, 15) is 0 Å². The van der Waals surface area contributed by atoms with Crippen LogP contribution in [-0.2, 0) is 19.4 Å². The maximum Gasteiger partial charge on any atom is 0.134 e. The number of rotatable bonds is 5. The molecule has 0 radical (unpaired) electrons. The van der Waals surface area contributed by atoms with E-state index >= 15 is 0 Å². The van der Waals surface area contributed by atoms with Gasteiger partial charge in [-0.05, 0) is 30.4 Å². The summed E-state index contributed by atoms with van der Waals surface area (Å²) in [5.74, 6) is 3.27. The SMILES string of the molecule is CC(C)(C)C(NCCc1nnc2n1CCCCC2)c1cc2ccccc2o1. The maximum absolute atomic E-state index is 6.16. The lowest BCUT2D eigenvalue weighted by Crippen LogP contribution is -2.33. The third-order valence-electron chi connectivity index (χ3n) is 5.48. The Morgan fingerprint density at radius 1 is 1.15 bits per heavy atom. The van der Waals surface area contributed by atoms with Crippen molar-refractivity contribution < 1.29 is 4.42 Å². The van der Waals surface area contributed by atoms with Crippen molar-refractivity contribution in [3.8, 4) is 0 Å². The molecule has 0 bridgehead atoms. The topological polar surface area (TPSA) is 55.9 Å². The minimum atomic E-state index is 0.0512. The second kappa shape index (κ2) is 7.47. The van der Waals surface area contributed by atoms with Gasteiger partial charge in [0.2, 0.25) is 0 Å². The molecule has 1 aliphatic heterocycles. The molecule has 1 aliphatic rings. The molecule has 3 aromatic rings. The van der Waals surface area contributed by atoms with Gasteiger partial charge < -0.3 is 14.3 Å². The predicted octanol–water partition coefficient (Wildman–Crippen LogP) is 4.67. The fraction of sp³-hybridized carbons (Fsp3) is 0.545. The summed E-state index contributed by atoms with van der Waals surface area (Å²) in [5, 5.41) is 13.8. The summed E-state index contributed by atoms with van der Waals surface area (Å²) in [6.45, 7) is 8.67. The van der Waals surface area contributed by atoms with Gasteiger partial charge in [-0.3, -0.25) is 0 Å². The lowest BCUT2D eigenvalue weighted by atomic mass is 9.85. The van der Waals surface area contributed by atoms with E-state index < -0.39 is 0 Å². The van der Waals surface area contributed by atoms with Gasteiger partial charge in [0, 0.05) is 31.3 Å². The van der Waals surface area contributed by atoms with Crippen LogP contribution >= 0.6 is 0 Å². The minimum absolute atomic E-state index is 0.0512. The molecule has 0 amide bonds. The number of para-hydroxylation sites is 1. The van der Waals surface area contributed by atoms with E-state index in [0.29, 0.717) is 0 Å². The van der Waals surface area contributed by atoms with Crippen molar-refractivity contribution in [1.82, 2.24) is 20.1 Å². The highest BCUT2D eigenvalue weighted by molar-refractivity contribution is 5.77. The Balaban J connectivity index is 1.48. The molecule has 1 unspecified atom stereocenters. The van der Waals surface area contributed by atoms with Gasteiger partial charge in [0.1, 0.15) is 23.0 Å². The van der Waals surface area contributed by atoms with E-state index in [1.165, 1.54) is 19.3 Å². The van der Waals surface area contributed by atoms with Gasteiger partial charge in [-0.1, -0.05) is 45.4 Å². The number of hydrogen-bond donors (Lipinski definition) is 1. The third-order valence-corrected chi connectivity index (χ3v) is 5.48. The summed E-state index contributed by atoms with van der Waals surface area (Å²) in [7, 11) is 0. The molecule has 1 atom stereocenters. The number of nitrogens with zero attached hydrogens (tertiary/aromatic N) is 3. The molecule has 1 aromatic carbocycles. The first-order chi connectivity index (χ1) is 13.0. The van der Waals surface area contributed by atoms with E-state index in [2.05, 4.69) is 59.1 Å². The molecule has 27 heavy (non-hydrogen) atoms. The summed E-state index contributed by atoms with van der Waals surface area (Å²) in [6.07, 6.45) is 5.70. The van der Waals surface area contributed by atoms with Crippen molar-refractivity contribution in [1.29, 1.82) is 0 Å². The Morgan fingerprint density at radius 2 is 2.00 bits per heavy atom. The standard InChI is InChI=1S/C22H30N4O/c1-22(2,3)21(18-15-16-9-6-7-10-17(16)27-18)23-13-12-20-25-24-19-11-5-4-8-14-26(19)20/h6-7,9-10,15,21,23H,4-5,8,11-14H2,1-3H3. The van der Waals surface area contributed by atoms with E-state index in [4.69, 9.17) is 4.42 Å². The molecule has 0 fully saturated rings. The highest BCUT2D eigenvalue weighted by atomic mass is 16.3. The molecular weight excluding hydrogens is 336 g/mol. The number of aryl methyl sites for hydroxylation is 1. The fourth-order valence-electron chi connectivity index (χ4n) is 4.04. The zero-order valence-corrected chi connectivity index (χ0v) is 16.7. The van der Waals surface area contributed by atoms with Crippen LogP contribution in [0.1, 0.15) is 63.5 Å². The minimum Gasteiger partial charge on any atom is -0.459 e. The lowest BCUT2D eigenvalue weighted by Gasteiger charge is -2.30. The summed E-state index contributed by atoms with van der Waals surface area (Å²) in [4.78, 5) is 0. The van der Waals surface area contributed by atoms with Crippen molar-refractivity contribution in [3.63, 3.8) is 0 Å². The summed E-state index contributed by atoms with van der Waals surface area (Å²) in [6, 6.07) is 10.5. The Hall–Kier alpha value is -2.14. The van der Waals surface area contributed by atoms with Gasteiger partial charge in [0.05, 0.1) is 6.04 Å². The average molecular weight is 367 g/mol. The zero-order chi connectivity index (χ0) is 18.9. The van der Waals surface area contributed by atoms with Gasteiger partial charge >= 0.3 is 0 Å². The zero-order valence-electron chi connectivity index (χ0n) is 16.7. The Labute approximate surface area is 161 Å². The van der Waals surface area contributed by atoms with Gasteiger partial charge in [-0.25, -0.2) is 0 Å². The maximum atomic E-state index is 6.16. The van der Waals surface area contributed by atoms with E-state index in [-0.39, 0.29) is 11.5 Å². The number of furan rings is 1. The van der Waals surface area contributed by atoms with Crippen molar-refractivity contribution in [2.24, 2.45) is 5.41 Å². The Kier molecular flexibility index (Phi) is 5.04. The lowest BCUT2D eigenvalue weighted by molar-refractivity contribution is 0.242. The number of hydrogen-bond acceptors (Lipinski definition) is 4. The van der Waals surface area contributed by atoms with Crippen molar-refractivity contribution in [2.45, 2.75) is 65.5 Å². The molecule has 3 heterocycles. The molecule has 1 N–H and O–H groups in total. The molecule has 2 aromatic heterocycles. The first-order valence-corrected chi connectivity index (χ1v) is 10.2. The largest absolute Gasteiger partial charge is 0.459 e. The number of aromatic nitrogens is 3. The van der Waals surface area contributed by atoms with Crippen LogP contribution in [0.2, 0.25) is 0 Å². The van der Waals surface area contributed by atoms with Crippen molar-refractivity contribution in [3.05, 3.63) is 47.7 Å². The highest BCUT2D eigenvalue weighted by Gasteiger charge is 2.29. The van der Waals surface area contributed by atoms with Crippen LogP contribution in [0.15, 0.2) is 34.7 Å². The van der Waals surface area contributed by atoms with Gasteiger partial charge in [-0.2, -0.15) is 0 Å². The first-order valence-electron chi connectivity index (χ1n) is 10.2. The van der Waals surface area contributed by atoms with Gasteiger partial charge in [-0.15, -0.1) is 10.2 Å². The molecular formula is C22H30N4O. The second-order valence-corrected chi connectivity index (χ2v) is 8.68. The monoisotopic (exact) mass is 366 g/mol. The summed E-state index contributed by atoms with van der Waals surface area (Å²) in [5.41, 5.74) is 1.00. The number of nitrogens with one attached hydrogen (secondary N) is 1. The number of fused-ring (bicyclic) bond motifs is 2. The van der Waals surface area contributed by atoms with Crippen molar-refractivity contribution >= 4 is 11.0 Å². The van der Waals surface area contributed by atoms with Crippen LogP contribution in [0.4, 0.5) is 0 Å². The predicted molar refractivity (Wildman–Crippen MR) is 108 cm³/mol. The van der Waals surface area contributed by atoms with Crippen LogP contribution in [0.3, 0.4) is 0 Å². The smallest absolute Gasteiger partial charge is 0.134 e. The normalized spacial score (nSPS) is 16.3. The average Bonchev–Trinajstić information content (AvgIpc) is 3.14. The van der Waals surface area contributed by atoms with E-state index in [0.717, 1.165) is 54.3 Å². The Bertz CT molecular complexity index is 870. The molecule has 0 saturated carbocycles. The van der Waals surface area contributed by atoms with Crippen LogP contribution in [0.25, 0.3) is 11.0 Å². The van der Waals surface area contributed by atoms with Crippen LogP contribution in [0, 0.1) is 5.41 Å². The summed E-state index contributed by atoms with van der Waals surface area (Å²) >= 11 is 0. The summed E-state index contributed by atoms with van der Waals surface area (Å²) < 4.78 is 8.49. The van der Waals surface area contributed by atoms with Crippen LogP contribution in [-0.4, -0.2) is 21.3 Å². The van der Waals surface area contributed by atoms with Gasteiger partial charge in [0.15, 0.2) is 0 Å². The molecule has 0 spiro atoms. The second-order valence-electron chi connectivity index (χ2n) is 8.68. The Morgan fingerprint density at radius 3 is 2.81 bits per heavy atom. The highest BCUT2D eigenvalue weighted by Crippen LogP contribution is 2.35. The van der Waals surface area contributed by atoms with Gasteiger partial charge in [0.25, 0.3) is 0 Å². The molecule has 4 rings (SSSR count). The van der Waals surface area contributed by atoms with E-state index in [1.807, 2.05) is 12.1 Å². The molecule has 144 valence electrons. The molecule has 0 aliphatic carbocycles. The van der Waals surface area contributed by atoms with Crippen LogP contribution < -0.4 is 5.32 Å². The quantitative estimate of drug-likeness (QED) is 0.713. The van der Waals surface area contributed by atoms with Crippen molar-refractivity contribution in [2.75, 3.05) is 6.54 Å². The third kappa shape index (κ3) is 3.93.